The van der Waals surface area contributed by atoms with Gasteiger partial charge in [0.25, 0.3) is 0 Å². The van der Waals surface area contributed by atoms with Crippen LogP contribution in [0.25, 0.3) is 0 Å². The molecular formula is C9H8F5NS. The molecule has 0 unspecified atom stereocenters. The molecule has 0 bridgehead atoms. The van der Waals surface area contributed by atoms with E-state index in [0.29, 0.717) is 5.75 Å². The highest BCUT2D eigenvalue weighted by molar-refractivity contribution is 7.98. The first-order valence-electron chi connectivity index (χ1n) is 4.25. The van der Waals surface area contributed by atoms with Crippen molar-refractivity contribution in [2.75, 3.05) is 23.9 Å². The van der Waals surface area contributed by atoms with Crippen LogP contribution < -0.4 is 5.32 Å². The van der Waals surface area contributed by atoms with E-state index < -0.39 is 34.8 Å². The number of hydrogen-bond donors (Lipinski definition) is 1. The van der Waals surface area contributed by atoms with Crippen LogP contribution in [0.4, 0.5) is 27.6 Å². The zero-order valence-electron chi connectivity index (χ0n) is 8.21. The molecule has 1 rings (SSSR count). The maximum Gasteiger partial charge on any atom is 0.200 e. The molecule has 1 N–H and O–H groups in total. The average Bonchev–Trinajstić information content (AvgIpc) is 2.28. The maximum absolute atomic E-state index is 13.0. The highest BCUT2D eigenvalue weighted by atomic mass is 32.2. The number of hydrogen-bond acceptors (Lipinski definition) is 2. The number of halogens is 5. The predicted molar refractivity (Wildman–Crippen MR) is 53.1 cm³/mol. The summed E-state index contributed by atoms with van der Waals surface area (Å²) in [4.78, 5) is 0. The molecule has 0 aromatic heterocycles. The SMILES string of the molecule is CSCCNc1c(F)c(F)c(F)c(F)c1F. The number of benzene rings is 1. The van der Waals surface area contributed by atoms with Crippen molar-refractivity contribution in [3.8, 4) is 0 Å². The van der Waals surface area contributed by atoms with Gasteiger partial charge >= 0.3 is 0 Å². The molecular weight excluding hydrogens is 249 g/mol. The van der Waals surface area contributed by atoms with Crippen LogP contribution in [0.5, 0.6) is 0 Å². The van der Waals surface area contributed by atoms with E-state index >= 15 is 0 Å². The van der Waals surface area contributed by atoms with Crippen molar-refractivity contribution in [2.45, 2.75) is 0 Å². The highest BCUT2D eigenvalue weighted by Crippen LogP contribution is 2.26. The van der Waals surface area contributed by atoms with E-state index in [0.717, 1.165) is 0 Å². The van der Waals surface area contributed by atoms with Crippen LogP contribution in [0.2, 0.25) is 0 Å². The van der Waals surface area contributed by atoms with E-state index in [1.807, 2.05) is 0 Å². The lowest BCUT2D eigenvalue weighted by atomic mass is 10.2. The van der Waals surface area contributed by atoms with Crippen LogP contribution in [0, 0.1) is 29.1 Å². The minimum atomic E-state index is -2.15. The van der Waals surface area contributed by atoms with Crippen LogP contribution in [-0.4, -0.2) is 18.6 Å². The Bertz CT molecular complexity index is 367. The zero-order chi connectivity index (χ0) is 12.3. The van der Waals surface area contributed by atoms with E-state index in [-0.39, 0.29) is 6.54 Å². The van der Waals surface area contributed by atoms with Crippen molar-refractivity contribution < 1.29 is 22.0 Å². The zero-order valence-corrected chi connectivity index (χ0v) is 9.03. The molecule has 0 amide bonds. The Kier molecular flexibility index (Phi) is 4.40. The molecule has 16 heavy (non-hydrogen) atoms. The summed E-state index contributed by atoms with van der Waals surface area (Å²) in [6.45, 7) is 0.111. The van der Waals surface area contributed by atoms with Gasteiger partial charge in [-0.05, 0) is 6.26 Å². The van der Waals surface area contributed by atoms with Gasteiger partial charge in [0.2, 0.25) is 5.82 Å². The Balaban J connectivity index is 3.08. The van der Waals surface area contributed by atoms with Crippen molar-refractivity contribution in [2.24, 2.45) is 0 Å². The lowest BCUT2D eigenvalue weighted by Gasteiger charge is -2.09. The first kappa shape index (κ1) is 13.1. The summed E-state index contributed by atoms with van der Waals surface area (Å²) in [5, 5.41) is 2.17. The maximum atomic E-state index is 13.0. The molecule has 7 heteroatoms. The first-order valence-corrected chi connectivity index (χ1v) is 5.64. The monoisotopic (exact) mass is 257 g/mol. The minimum Gasteiger partial charge on any atom is -0.379 e. The molecule has 0 aliphatic heterocycles. The lowest BCUT2D eigenvalue weighted by molar-refractivity contribution is 0.381. The molecule has 0 saturated carbocycles. The number of thioether (sulfide) groups is 1. The quantitative estimate of drug-likeness (QED) is 0.385. The Morgan fingerprint density at radius 3 is 1.75 bits per heavy atom. The first-order chi connectivity index (χ1) is 7.50. The number of nitrogens with one attached hydrogen (secondary N) is 1. The lowest BCUT2D eigenvalue weighted by Crippen LogP contribution is -2.12. The van der Waals surface area contributed by atoms with Gasteiger partial charge in [0, 0.05) is 12.3 Å². The van der Waals surface area contributed by atoms with E-state index in [4.69, 9.17) is 0 Å². The number of rotatable bonds is 4. The van der Waals surface area contributed by atoms with E-state index in [2.05, 4.69) is 5.32 Å². The summed E-state index contributed by atoms with van der Waals surface area (Å²) < 4.78 is 64.1. The van der Waals surface area contributed by atoms with Crippen LogP contribution in [0.3, 0.4) is 0 Å². The second-order valence-electron chi connectivity index (χ2n) is 2.86. The van der Waals surface area contributed by atoms with Crippen molar-refractivity contribution in [3.63, 3.8) is 0 Å². The standard InChI is InChI=1S/C9H8F5NS/c1-16-3-2-15-9-7(13)5(11)4(10)6(12)8(9)14/h15H,2-3H2,1H3. The molecule has 0 saturated heterocycles. The average molecular weight is 257 g/mol. The molecule has 1 aromatic rings. The van der Waals surface area contributed by atoms with E-state index in [1.54, 1.807) is 6.26 Å². The third kappa shape index (κ3) is 2.40. The summed E-state index contributed by atoms with van der Waals surface area (Å²) in [5.74, 6) is -9.21. The van der Waals surface area contributed by atoms with Crippen LogP contribution in [0.1, 0.15) is 0 Å². The smallest absolute Gasteiger partial charge is 0.200 e. The van der Waals surface area contributed by atoms with Gasteiger partial charge in [-0.15, -0.1) is 0 Å². The summed E-state index contributed by atoms with van der Waals surface area (Å²) in [7, 11) is 0. The topological polar surface area (TPSA) is 12.0 Å². The van der Waals surface area contributed by atoms with Crippen LogP contribution in [-0.2, 0) is 0 Å². The highest BCUT2D eigenvalue weighted by Gasteiger charge is 2.25. The Hall–Kier alpha value is -0.980. The van der Waals surface area contributed by atoms with Gasteiger partial charge in [-0.2, -0.15) is 11.8 Å². The van der Waals surface area contributed by atoms with Gasteiger partial charge in [0.05, 0.1) is 0 Å². The summed E-state index contributed by atoms with van der Waals surface area (Å²) >= 11 is 1.38. The van der Waals surface area contributed by atoms with Gasteiger partial charge in [-0.25, -0.2) is 22.0 Å². The summed E-state index contributed by atoms with van der Waals surface area (Å²) in [5.41, 5.74) is -0.981. The summed E-state index contributed by atoms with van der Waals surface area (Å²) in [6.07, 6.45) is 1.75. The largest absolute Gasteiger partial charge is 0.379 e. The molecule has 0 aliphatic rings. The van der Waals surface area contributed by atoms with Gasteiger partial charge in [-0.3, -0.25) is 0 Å². The van der Waals surface area contributed by atoms with Crippen molar-refractivity contribution in [1.82, 2.24) is 0 Å². The molecule has 0 heterocycles. The predicted octanol–water partition coefficient (Wildman–Crippen LogP) is 3.16. The second-order valence-corrected chi connectivity index (χ2v) is 3.85. The van der Waals surface area contributed by atoms with Gasteiger partial charge in [-0.1, -0.05) is 0 Å². The molecule has 0 spiro atoms. The van der Waals surface area contributed by atoms with Crippen LogP contribution >= 0.6 is 11.8 Å². The fraction of sp³-hybridized carbons (Fsp3) is 0.333. The normalized spacial score (nSPS) is 10.6. The van der Waals surface area contributed by atoms with E-state index in [1.165, 1.54) is 11.8 Å². The van der Waals surface area contributed by atoms with Gasteiger partial charge in [0.15, 0.2) is 23.3 Å². The van der Waals surface area contributed by atoms with Crippen molar-refractivity contribution in [1.29, 1.82) is 0 Å². The van der Waals surface area contributed by atoms with E-state index in [9.17, 15) is 22.0 Å². The fourth-order valence-corrected chi connectivity index (χ4v) is 1.34. The third-order valence-electron chi connectivity index (χ3n) is 1.82. The molecule has 1 aromatic carbocycles. The number of anilines is 1. The molecule has 0 radical (unpaired) electrons. The van der Waals surface area contributed by atoms with Gasteiger partial charge < -0.3 is 5.32 Å². The molecule has 1 nitrogen and oxygen atoms in total. The molecule has 0 fully saturated rings. The Labute approximate surface area is 93.0 Å². The molecule has 0 atom stereocenters. The third-order valence-corrected chi connectivity index (χ3v) is 2.43. The Morgan fingerprint density at radius 1 is 0.875 bits per heavy atom. The Morgan fingerprint density at radius 2 is 1.31 bits per heavy atom. The minimum absolute atomic E-state index is 0.111. The van der Waals surface area contributed by atoms with Crippen molar-refractivity contribution in [3.05, 3.63) is 29.1 Å². The van der Waals surface area contributed by atoms with Crippen molar-refractivity contribution >= 4 is 17.4 Å². The fourth-order valence-electron chi connectivity index (χ4n) is 1.04. The molecule has 90 valence electrons. The van der Waals surface area contributed by atoms with Crippen LogP contribution in [0.15, 0.2) is 0 Å². The van der Waals surface area contributed by atoms with Gasteiger partial charge in [0.1, 0.15) is 5.69 Å². The summed E-state index contributed by atoms with van der Waals surface area (Å²) in [6, 6.07) is 0. The second kappa shape index (κ2) is 5.38. The molecule has 0 aliphatic carbocycles.